The first kappa shape index (κ1) is 14.5. The SMILES string of the molecule is O=C(Cc1coc(-c2ccccc2)n1)N(C1CCCC1)C1CC1. The Morgan fingerprint density at radius 3 is 2.48 bits per heavy atom. The number of aromatic nitrogens is 1. The highest BCUT2D eigenvalue weighted by molar-refractivity contribution is 5.79. The van der Waals surface area contributed by atoms with Gasteiger partial charge in [-0.2, -0.15) is 0 Å². The second-order valence-corrected chi connectivity index (χ2v) is 6.66. The van der Waals surface area contributed by atoms with E-state index in [0.717, 1.165) is 36.9 Å². The Balaban J connectivity index is 1.46. The molecule has 0 N–H and O–H groups in total. The van der Waals surface area contributed by atoms with Crippen molar-refractivity contribution in [2.75, 3.05) is 0 Å². The van der Waals surface area contributed by atoms with Gasteiger partial charge in [0.15, 0.2) is 0 Å². The molecule has 1 aromatic carbocycles. The van der Waals surface area contributed by atoms with Gasteiger partial charge in [-0.3, -0.25) is 4.79 Å². The smallest absolute Gasteiger partial charge is 0.229 e. The zero-order valence-corrected chi connectivity index (χ0v) is 13.3. The van der Waals surface area contributed by atoms with Crippen LogP contribution in [0.2, 0.25) is 0 Å². The van der Waals surface area contributed by atoms with E-state index in [1.807, 2.05) is 30.3 Å². The van der Waals surface area contributed by atoms with Gasteiger partial charge in [0.25, 0.3) is 0 Å². The van der Waals surface area contributed by atoms with Gasteiger partial charge in [-0.25, -0.2) is 4.98 Å². The quantitative estimate of drug-likeness (QED) is 0.843. The van der Waals surface area contributed by atoms with Crippen LogP contribution in [0.3, 0.4) is 0 Å². The van der Waals surface area contributed by atoms with Crippen LogP contribution in [0.4, 0.5) is 0 Å². The molecule has 120 valence electrons. The van der Waals surface area contributed by atoms with Crippen molar-refractivity contribution in [1.82, 2.24) is 9.88 Å². The Bertz CT molecular complexity index is 670. The van der Waals surface area contributed by atoms with E-state index < -0.39 is 0 Å². The minimum atomic E-state index is 0.215. The first-order valence-electron chi connectivity index (χ1n) is 8.62. The van der Waals surface area contributed by atoms with E-state index in [-0.39, 0.29) is 5.91 Å². The van der Waals surface area contributed by atoms with Crippen molar-refractivity contribution in [1.29, 1.82) is 0 Å². The number of hydrogen-bond acceptors (Lipinski definition) is 3. The lowest BCUT2D eigenvalue weighted by atomic mass is 10.1. The molecule has 1 aromatic heterocycles. The molecule has 0 unspecified atom stereocenters. The number of carbonyl (C=O) groups is 1. The van der Waals surface area contributed by atoms with Crippen molar-refractivity contribution >= 4 is 5.91 Å². The van der Waals surface area contributed by atoms with Gasteiger partial charge in [0, 0.05) is 17.6 Å². The number of benzene rings is 1. The van der Waals surface area contributed by atoms with Crippen molar-refractivity contribution < 1.29 is 9.21 Å². The summed E-state index contributed by atoms with van der Waals surface area (Å²) in [5.41, 5.74) is 1.68. The van der Waals surface area contributed by atoms with Crippen LogP contribution in [0, 0.1) is 0 Å². The number of amides is 1. The fourth-order valence-electron chi connectivity index (χ4n) is 3.59. The molecule has 2 fully saturated rings. The minimum absolute atomic E-state index is 0.215. The van der Waals surface area contributed by atoms with Gasteiger partial charge in [0.2, 0.25) is 11.8 Å². The molecule has 0 spiro atoms. The van der Waals surface area contributed by atoms with E-state index in [1.165, 1.54) is 12.8 Å². The fourth-order valence-corrected chi connectivity index (χ4v) is 3.59. The van der Waals surface area contributed by atoms with E-state index in [1.54, 1.807) is 6.26 Å². The van der Waals surface area contributed by atoms with Crippen LogP contribution in [0.1, 0.15) is 44.2 Å². The van der Waals surface area contributed by atoms with Crippen molar-refractivity contribution in [3.8, 4) is 11.5 Å². The molecule has 4 heteroatoms. The fraction of sp³-hybridized carbons (Fsp3) is 0.474. The molecule has 1 amide bonds. The maximum absolute atomic E-state index is 12.8. The molecule has 0 radical (unpaired) electrons. The van der Waals surface area contributed by atoms with Crippen LogP contribution >= 0.6 is 0 Å². The summed E-state index contributed by atoms with van der Waals surface area (Å²) in [5.74, 6) is 0.805. The summed E-state index contributed by atoms with van der Waals surface area (Å²) >= 11 is 0. The Kier molecular flexibility index (Phi) is 3.90. The highest BCUT2D eigenvalue weighted by atomic mass is 16.3. The van der Waals surface area contributed by atoms with E-state index in [4.69, 9.17) is 4.42 Å². The maximum Gasteiger partial charge on any atom is 0.229 e. The summed E-state index contributed by atoms with van der Waals surface area (Å²) < 4.78 is 5.55. The Labute approximate surface area is 136 Å². The van der Waals surface area contributed by atoms with E-state index in [2.05, 4.69) is 9.88 Å². The topological polar surface area (TPSA) is 46.3 Å². The normalized spacial score (nSPS) is 18.3. The van der Waals surface area contributed by atoms with Crippen molar-refractivity contribution in [3.63, 3.8) is 0 Å². The maximum atomic E-state index is 12.8. The van der Waals surface area contributed by atoms with Crippen molar-refractivity contribution in [2.24, 2.45) is 0 Å². The molecule has 0 atom stereocenters. The van der Waals surface area contributed by atoms with Gasteiger partial charge < -0.3 is 9.32 Å². The molecule has 4 rings (SSSR count). The molecule has 0 aliphatic heterocycles. The molecule has 2 aromatic rings. The van der Waals surface area contributed by atoms with Crippen LogP contribution < -0.4 is 0 Å². The van der Waals surface area contributed by atoms with Crippen molar-refractivity contribution in [3.05, 3.63) is 42.3 Å². The monoisotopic (exact) mass is 310 g/mol. The molecular weight excluding hydrogens is 288 g/mol. The molecule has 2 aliphatic carbocycles. The predicted octanol–water partition coefficient (Wildman–Crippen LogP) is 3.82. The summed E-state index contributed by atoms with van der Waals surface area (Å²) in [4.78, 5) is 19.4. The third-order valence-electron chi connectivity index (χ3n) is 4.85. The number of rotatable bonds is 5. The molecule has 2 aliphatic rings. The van der Waals surface area contributed by atoms with Gasteiger partial charge in [0.05, 0.1) is 12.1 Å². The number of oxazole rings is 1. The standard InChI is InChI=1S/C19H22N2O2/c22-18(21(17-10-11-17)16-8-4-5-9-16)12-15-13-23-19(20-15)14-6-2-1-3-7-14/h1-3,6-7,13,16-17H,4-5,8-12H2. The van der Waals surface area contributed by atoms with Crippen molar-refractivity contribution in [2.45, 2.75) is 57.0 Å². The lowest BCUT2D eigenvalue weighted by Crippen LogP contribution is -2.41. The third kappa shape index (κ3) is 3.16. The van der Waals surface area contributed by atoms with E-state index in [0.29, 0.717) is 24.4 Å². The summed E-state index contributed by atoms with van der Waals surface area (Å²) in [7, 11) is 0. The van der Waals surface area contributed by atoms with Gasteiger partial charge >= 0.3 is 0 Å². The summed E-state index contributed by atoms with van der Waals surface area (Å²) in [6.07, 6.45) is 9.13. The predicted molar refractivity (Wildman–Crippen MR) is 87.8 cm³/mol. The average Bonchev–Trinajstić information content (AvgIpc) is 3.06. The van der Waals surface area contributed by atoms with Crippen LogP contribution in [-0.4, -0.2) is 27.9 Å². The van der Waals surface area contributed by atoms with E-state index >= 15 is 0 Å². The molecule has 23 heavy (non-hydrogen) atoms. The summed E-state index contributed by atoms with van der Waals surface area (Å²) in [6.45, 7) is 0. The lowest BCUT2D eigenvalue weighted by Gasteiger charge is -2.28. The second-order valence-electron chi connectivity index (χ2n) is 6.66. The van der Waals surface area contributed by atoms with E-state index in [9.17, 15) is 4.79 Å². The van der Waals surface area contributed by atoms with Gasteiger partial charge in [0.1, 0.15) is 6.26 Å². The third-order valence-corrected chi connectivity index (χ3v) is 4.85. The summed E-state index contributed by atoms with van der Waals surface area (Å²) in [6, 6.07) is 10.7. The number of carbonyl (C=O) groups excluding carboxylic acids is 1. The largest absolute Gasteiger partial charge is 0.444 e. The molecule has 0 saturated heterocycles. The highest BCUT2D eigenvalue weighted by Gasteiger charge is 2.38. The Morgan fingerprint density at radius 1 is 1.09 bits per heavy atom. The zero-order chi connectivity index (χ0) is 15.6. The lowest BCUT2D eigenvalue weighted by molar-refractivity contribution is -0.133. The van der Waals surface area contributed by atoms with Crippen LogP contribution in [0.15, 0.2) is 41.0 Å². The van der Waals surface area contributed by atoms with Gasteiger partial charge in [-0.1, -0.05) is 31.0 Å². The number of hydrogen-bond donors (Lipinski definition) is 0. The molecule has 1 heterocycles. The zero-order valence-electron chi connectivity index (χ0n) is 13.3. The molecule has 4 nitrogen and oxygen atoms in total. The Morgan fingerprint density at radius 2 is 1.78 bits per heavy atom. The van der Waals surface area contributed by atoms with Crippen LogP contribution in [-0.2, 0) is 11.2 Å². The molecule has 2 saturated carbocycles. The average molecular weight is 310 g/mol. The molecule has 0 bridgehead atoms. The van der Waals surface area contributed by atoms with Gasteiger partial charge in [-0.05, 0) is 37.8 Å². The number of nitrogens with zero attached hydrogens (tertiary/aromatic N) is 2. The van der Waals surface area contributed by atoms with Gasteiger partial charge in [-0.15, -0.1) is 0 Å². The first-order valence-corrected chi connectivity index (χ1v) is 8.62. The first-order chi connectivity index (χ1) is 11.3. The summed E-state index contributed by atoms with van der Waals surface area (Å²) in [5, 5.41) is 0. The Hall–Kier alpha value is -2.10. The molecular formula is C19H22N2O2. The second kappa shape index (κ2) is 6.19. The minimum Gasteiger partial charge on any atom is -0.444 e. The van der Waals surface area contributed by atoms with Crippen LogP contribution in [0.5, 0.6) is 0 Å². The van der Waals surface area contributed by atoms with Crippen LogP contribution in [0.25, 0.3) is 11.5 Å². The highest BCUT2D eigenvalue weighted by Crippen LogP contribution is 2.35.